The first-order valence-corrected chi connectivity index (χ1v) is 5.82. The summed E-state index contributed by atoms with van der Waals surface area (Å²) in [6.07, 6.45) is 1.13. The van der Waals surface area contributed by atoms with Crippen molar-refractivity contribution < 1.29 is 0 Å². The fraction of sp³-hybridized carbons (Fsp3) is 0.538. The van der Waals surface area contributed by atoms with Crippen molar-refractivity contribution in [1.82, 2.24) is 4.90 Å². The molecule has 2 nitrogen and oxygen atoms in total. The van der Waals surface area contributed by atoms with Gasteiger partial charge in [0, 0.05) is 31.9 Å². The van der Waals surface area contributed by atoms with Gasteiger partial charge in [-0.1, -0.05) is 19.1 Å². The number of hydrogen-bond donors (Lipinski definition) is 0. The Kier molecular flexibility index (Phi) is 3.27. The lowest BCUT2D eigenvalue weighted by molar-refractivity contribution is 0.313. The summed E-state index contributed by atoms with van der Waals surface area (Å²) in [5, 5.41) is 0. The predicted molar refractivity (Wildman–Crippen MR) is 65.5 cm³/mol. The standard InChI is InChI=1S/C13H20N2/c1-3-12-4-6-13(7-5-12)15-10-8-14(2)9-11-15/h4-7H,3,8-11H2,1-2H3. The summed E-state index contributed by atoms with van der Waals surface area (Å²) in [4.78, 5) is 4.86. The molecule has 0 amide bonds. The summed E-state index contributed by atoms with van der Waals surface area (Å²) in [5.41, 5.74) is 2.80. The largest absolute Gasteiger partial charge is 0.369 e. The van der Waals surface area contributed by atoms with E-state index >= 15 is 0 Å². The minimum Gasteiger partial charge on any atom is -0.369 e. The van der Waals surface area contributed by atoms with Gasteiger partial charge in [-0.2, -0.15) is 0 Å². The van der Waals surface area contributed by atoms with Gasteiger partial charge in [0.25, 0.3) is 0 Å². The third-order valence-electron chi connectivity index (χ3n) is 3.21. The van der Waals surface area contributed by atoms with Crippen LogP contribution in [-0.4, -0.2) is 38.1 Å². The zero-order valence-corrected chi connectivity index (χ0v) is 9.74. The predicted octanol–water partition coefficient (Wildman–Crippen LogP) is 2.00. The van der Waals surface area contributed by atoms with Gasteiger partial charge in [0.2, 0.25) is 0 Å². The molecule has 0 atom stereocenters. The Bertz CT molecular complexity index is 297. The highest BCUT2D eigenvalue weighted by Gasteiger charge is 2.13. The highest BCUT2D eigenvalue weighted by atomic mass is 15.2. The van der Waals surface area contributed by atoms with Crippen LogP contribution in [0.3, 0.4) is 0 Å². The summed E-state index contributed by atoms with van der Waals surface area (Å²) >= 11 is 0. The van der Waals surface area contributed by atoms with E-state index in [1.807, 2.05) is 0 Å². The average molecular weight is 204 g/mol. The van der Waals surface area contributed by atoms with E-state index in [2.05, 4.69) is 48.0 Å². The number of hydrogen-bond acceptors (Lipinski definition) is 2. The molecule has 0 aliphatic carbocycles. The Balaban J connectivity index is 2.03. The Morgan fingerprint density at radius 1 is 1.00 bits per heavy atom. The molecule has 1 aromatic carbocycles. The number of rotatable bonds is 2. The molecule has 82 valence electrons. The van der Waals surface area contributed by atoms with Crippen LogP contribution in [0.4, 0.5) is 5.69 Å². The molecule has 2 heteroatoms. The van der Waals surface area contributed by atoms with E-state index in [9.17, 15) is 0 Å². The van der Waals surface area contributed by atoms with E-state index in [0.717, 1.165) is 19.5 Å². The van der Waals surface area contributed by atoms with Crippen LogP contribution in [0.5, 0.6) is 0 Å². The zero-order chi connectivity index (χ0) is 10.7. The molecule has 0 spiro atoms. The molecule has 1 heterocycles. The summed E-state index contributed by atoms with van der Waals surface area (Å²) in [5.74, 6) is 0. The van der Waals surface area contributed by atoms with Crippen LogP contribution < -0.4 is 4.90 Å². The van der Waals surface area contributed by atoms with Gasteiger partial charge in [-0.25, -0.2) is 0 Å². The van der Waals surface area contributed by atoms with Crippen molar-refractivity contribution in [3.8, 4) is 0 Å². The van der Waals surface area contributed by atoms with Gasteiger partial charge < -0.3 is 9.80 Å². The Morgan fingerprint density at radius 2 is 1.60 bits per heavy atom. The number of aryl methyl sites for hydroxylation is 1. The number of anilines is 1. The Hall–Kier alpha value is -1.02. The fourth-order valence-electron chi connectivity index (χ4n) is 2.01. The highest BCUT2D eigenvalue weighted by Crippen LogP contribution is 2.17. The van der Waals surface area contributed by atoms with Gasteiger partial charge in [-0.3, -0.25) is 0 Å². The minimum absolute atomic E-state index is 1.13. The molecule has 0 N–H and O–H groups in total. The third kappa shape index (κ3) is 2.51. The second-order valence-corrected chi connectivity index (χ2v) is 4.31. The van der Waals surface area contributed by atoms with Crippen molar-refractivity contribution in [3.05, 3.63) is 29.8 Å². The van der Waals surface area contributed by atoms with E-state index in [4.69, 9.17) is 0 Å². The Labute approximate surface area is 92.5 Å². The van der Waals surface area contributed by atoms with E-state index in [0.29, 0.717) is 0 Å². The number of nitrogens with zero attached hydrogens (tertiary/aromatic N) is 2. The summed E-state index contributed by atoms with van der Waals surface area (Å²) in [6, 6.07) is 9.00. The van der Waals surface area contributed by atoms with Crippen LogP contribution >= 0.6 is 0 Å². The minimum atomic E-state index is 1.13. The first-order chi connectivity index (χ1) is 7.29. The van der Waals surface area contributed by atoms with Crippen LogP contribution in [0.1, 0.15) is 12.5 Å². The third-order valence-corrected chi connectivity index (χ3v) is 3.21. The lowest BCUT2D eigenvalue weighted by atomic mass is 10.1. The molecule has 1 aliphatic heterocycles. The lowest BCUT2D eigenvalue weighted by Gasteiger charge is -2.34. The summed E-state index contributed by atoms with van der Waals surface area (Å²) in [6.45, 7) is 6.86. The number of benzene rings is 1. The van der Waals surface area contributed by atoms with Gasteiger partial charge in [-0.05, 0) is 31.2 Å². The number of piperazine rings is 1. The molecule has 0 aromatic heterocycles. The molecule has 2 rings (SSSR count). The smallest absolute Gasteiger partial charge is 0.0367 e. The van der Waals surface area contributed by atoms with Gasteiger partial charge >= 0.3 is 0 Å². The second-order valence-electron chi connectivity index (χ2n) is 4.31. The molecule has 0 radical (unpaired) electrons. The van der Waals surface area contributed by atoms with Gasteiger partial charge in [-0.15, -0.1) is 0 Å². The zero-order valence-electron chi connectivity index (χ0n) is 9.74. The molecule has 0 saturated carbocycles. The van der Waals surface area contributed by atoms with Crippen molar-refractivity contribution in [3.63, 3.8) is 0 Å². The fourth-order valence-corrected chi connectivity index (χ4v) is 2.01. The SMILES string of the molecule is CCc1ccc(N2CCN(C)CC2)cc1. The summed E-state index contributed by atoms with van der Waals surface area (Å²) < 4.78 is 0. The summed E-state index contributed by atoms with van der Waals surface area (Å²) in [7, 11) is 2.19. The van der Waals surface area contributed by atoms with Gasteiger partial charge in [0.05, 0.1) is 0 Å². The van der Waals surface area contributed by atoms with Crippen LogP contribution in [0.15, 0.2) is 24.3 Å². The topological polar surface area (TPSA) is 6.48 Å². The lowest BCUT2D eigenvalue weighted by Crippen LogP contribution is -2.44. The van der Waals surface area contributed by atoms with Crippen molar-refractivity contribution >= 4 is 5.69 Å². The van der Waals surface area contributed by atoms with Crippen LogP contribution in [0.25, 0.3) is 0 Å². The molecule has 1 saturated heterocycles. The molecule has 15 heavy (non-hydrogen) atoms. The maximum absolute atomic E-state index is 2.47. The van der Waals surface area contributed by atoms with E-state index in [1.54, 1.807) is 0 Å². The van der Waals surface area contributed by atoms with E-state index in [1.165, 1.54) is 24.3 Å². The highest BCUT2D eigenvalue weighted by molar-refractivity contribution is 5.48. The first kappa shape index (κ1) is 10.5. The number of likely N-dealkylation sites (N-methyl/N-ethyl adjacent to an activating group) is 1. The molecule has 1 fully saturated rings. The Morgan fingerprint density at radius 3 is 2.13 bits per heavy atom. The maximum Gasteiger partial charge on any atom is 0.0367 e. The molecule has 0 bridgehead atoms. The van der Waals surface area contributed by atoms with Gasteiger partial charge in [0.15, 0.2) is 0 Å². The van der Waals surface area contributed by atoms with E-state index in [-0.39, 0.29) is 0 Å². The molecular formula is C13H20N2. The van der Waals surface area contributed by atoms with Gasteiger partial charge in [0.1, 0.15) is 0 Å². The quantitative estimate of drug-likeness (QED) is 0.727. The average Bonchev–Trinajstić information content (AvgIpc) is 2.30. The normalized spacial score (nSPS) is 18.1. The van der Waals surface area contributed by atoms with Crippen molar-refractivity contribution in [2.45, 2.75) is 13.3 Å². The van der Waals surface area contributed by atoms with Crippen molar-refractivity contribution in [2.75, 3.05) is 38.1 Å². The maximum atomic E-state index is 2.47. The van der Waals surface area contributed by atoms with Crippen molar-refractivity contribution in [2.24, 2.45) is 0 Å². The van der Waals surface area contributed by atoms with Crippen LogP contribution in [-0.2, 0) is 6.42 Å². The molecular weight excluding hydrogens is 184 g/mol. The van der Waals surface area contributed by atoms with Crippen LogP contribution in [0, 0.1) is 0 Å². The second kappa shape index (κ2) is 4.67. The molecule has 0 unspecified atom stereocenters. The van der Waals surface area contributed by atoms with E-state index < -0.39 is 0 Å². The molecule has 1 aliphatic rings. The van der Waals surface area contributed by atoms with Crippen molar-refractivity contribution in [1.29, 1.82) is 0 Å². The monoisotopic (exact) mass is 204 g/mol. The first-order valence-electron chi connectivity index (χ1n) is 5.82. The van der Waals surface area contributed by atoms with Crippen LogP contribution in [0.2, 0.25) is 0 Å². The molecule has 1 aromatic rings.